The monoisotopic (exact) mass is 923 g/mol. The maximum atomic E-state index is 12.6. The Labute approximate surface area is 287 Å². The second-order valence-electron chi connectivity index (χ2n) is 10.9. The van der Waals surface area contributed by atoms with Crippen LogP contribution in [0, 0.1) is 118 Å². The van der Waals surface area contributed by atoms with Crippen LogP contribution in [0.4, 0.5) is 5.69 Å². The number of aliphatic hydroxyl groups excluding tert-OH is 2. The van der Waals surface area contributed by atoms with E-state index in [2.05, 4.69) is 18.8 Å². The predicted molar refractivity (Wildman–Crippen MR) is 133 cm³/mol. The van der Waals surface area contributed by atoms with Gasteiger partial charge in [-0.05, 0) is 86.1 Å². The number of methoxy groups -OCH3 is 1. The number of carbonyl (C=O) groups is 1. The van der Waals surface area contributed by atoms with Gasteiger partial charge in [-0.3, -0.25) is 0 Å². The number of anilines is 1. The molecular formula is C28H39Ac2NO5. The summed E-state index contributed by atoms with van der Waals surface area (Å²) in [6.45, 7) is 11.1. The van der Waals surface area contributed by atoms with Crippen molar-refractivity contribution >= 4 is 11.7 Å². The van der Waals surface area contributed by atoms with Crippen LogP contribution in [0.1, 0.15) is 51.5 Å². The van der Waals surface area contributed by atoms with Crippen molar-refractivity contribution in [1.29, 1.82) is 0 Å². The summed E-state index contributed by atoms with van der Waals surface area (Å²) in [6, 6.07) is 5.65. The maximum absolute atomic E-state index is 12.6. The fourth-order valence-corrected chi connectivity index (χ4v) is 6.91. The minimum absolute atomic E-state index is 0. The van der Waals surface area contributed by atoms with Crippen LogP contribution >= 0.6 is 0 Å². The molecule has 2 saturated carbocycles. The molecule has 2 fully saturated rings. The summed E-state index contributed by atoms with van der Waals surface area (Å²) >= 11 is 0. The van der Waals surface area contributed by atoms with Gasteiger partial charge in [-0.25, -0.2) is 4.79 Å². The van der Waals surface area contributed by atoms with Gasteiger partial charge in [0.15, 0.2) is 0 Å². The van der Waals surface area contributed by atoms with Crippen molar-refractivity contribution in [2.24, 2.45) is 22.7 Å². The molecule has 3 unspecified atom stereocenters. The zero-order valence-corrected chi connectivity index (χ0v) is 31.5. The molecule has 3 N–H and O–H groups in total. The van der Waals surface area contributed by atoms with Crippen molar-refractivity contribution in [1.82, 2.24) is 0 Å². The normalized spacial score (nSPS) is 32.3. The number of carbonyl (C=O) groups excluding carboxylic acids is 1. The van der Waals surface area contributed by atoms with Crippen LogP contribution in [0.3, 0.4) is 0 Å². The molecule has 0 saturated heterocycles. The van der Waals surface area contributed by atoms with Crippen molar-refractivity contribution in [2.75, 3.05) is 25.6 Å². The third-order valence-corrected chi connectivity index (χ3v) is 9.06. The molecule has 3 aliphatic rings. The predicted octanol–water partition coefficient (Wildman–Crippen LogP) is 4.40. The number of hydrogen-bond donors (Lipinski definition) is 3. The largest absolute Gasteiger partial charge is 0.497 e. The van der Waals surface area contributed by atoms with Gasteiger partial charge in [0.1, 0.15) is 12.4 Å². The maximum Gasteiger partial charge on any atom is 0.336 e. The van der Waals surface area contributed by atoms with E-state index in [1.165, 1.54) is 5.57 Å². The number of nitrogens with one attached hydrogen (secondary N) is 1. The number of cyclic esters (lactones) is 1. The molecule has 1 aromatic rings. The number of aliphatic hydroxyl groups is 2. The van der Waals surface area contributed by atoms with Crippen LogP contribution in [0.25, 0.3) is 0 Å². The molecule has 2 aliphatic carbocycles. The van der Waals surface area contributed by atoms with Crippen LogP contribution in [0.2, 0.25) is 0 Å². The molecule has 1 aromatic carbocycles. The molecule has 36 heavy (non-hydrogen) atoms. The van der Waals surface area contributed by atoms with E-state index >= 15 is 0 Å². The number of aryl methyl sites for hydroxylation is 1. The van der Waals surface area contributed by atoms with E-state index in [1.54, 1.807) is 7.11 Å². The van der Waals surface area contributed by atoms with Crippen LogP contribution in [0.5, 0.6) is 5.75 Å². The van der Waals surface area contributed by atoms with Gasteiger partial charge < -0.3 is 25.0 Å². The number of ether oxygens (including phenoxy) is 2. The number of rotatable bonds is 7. The standard InChI is InChI=1S/C28H39NO5.2Ac/c1-17-6-9-24-27(3,12-10-25(31)28(24,4)16-30)21(17)15-23(20-11-13-34-26(20)32)29-22-8-7-19(33-5)14-18(22)2;;/h7-8,11,14,21,23-25,29-31H,1,6,9-10,12-13,15-16H2,2-5H3;;/t21-,23?,24?,25?,27+,28-;;/m0../s1. The molecule has 2 radical (unpaired) electrons. The Morgan fingerprint density at radius 3 is 2.58 bits per heavy atom. The fraction of sp³-hybridized carbons (Fsp3) is 0.607. The Bertz CT molecular complexity index is 998. The molecule has 6 nitrogen and oxygen atoms in total. The van der Waals surface area contributed by atoms with Crippen LogP contribution < -0.4 is 10.1 Å². The molecular weight excluding hydrogens is 884 g/mol. The molecule has 1 aliphatic heterocycles. The van der Waals surface area contributed by atoms with Gasteiger partial charge in [0.25, 0.3) is 0 Å². The topological polar surface area (TPSA) is 88.0 Å². The van der Waals surface area contributed by atoms with Gasteiger partial charge in [0.2, 0.25) is 0 Å². The molecule has 0 aromatic heterocycles. The molecule has 8 heteroatoms. The first-order valence-corrected chi connectivity index (χ1v) is 12.4. The Kier molecular flexibility index (Phi) is 12.1. The third kappa shape index (κ3) is 6.15. The zero-order chi connectivity index (χ0) is 24.7. The van der Waals surface area contributed by atoms with E-state index in [1.807, 2.05) is 38.1 Å². The number of allylic oxidation sites excluding steroid dienone is 1. The van der Waals surface area contributed by atoms with Crippen molar-refractivity contribution in [3.05, 3.63) is 47.6 Å². The number of hydrogen-bond acceptors (Lipinski definition) is 6. The molecule has 0 amide bonds. The molecule has 4 rings (SSSR count). The summed E-state index contributed by atoms with van der Waals surface area (Å²) in [4.78, 5) is 12.6. The minimum atomic E-state index is -0.535. The van der Waals surface area contributed by atoms with Crippen LogP contribution in [0.15, 0.2) is 42.0 Å². The summed E-state index contributed by atoms with van der Waals surface area (Å²) in [5.41, 5.74) is 3.19. The first kappa shape index (κ1) is 32.8. The average molecular weight is 924 g/mol. The number of esters is 1. The van der Waals surface area contributed by atoms with Crippen LogP contribution in [-0.2, 0) is 9.53 Å². The van der Waals surface area contributed by atoms with Gasteiger partial charge in [-0.2, -0.15) is 0 Å². The summed E-state index contributed by atoms with van der Waals surface area (Å²) < 4.78 is 10.6. The number of benzene rings is 1. The van der Waals surface area contributed by atoms with Gasteiger partial charge >= 0.3 is 5.97 Å². The molecule has 192 valence electrons. The van der Waals surface area contributed by atoms with E-state index in [-0.39, 0.29) is 124 Å². The Balaban J connectivity index is 0.00000228. The van der Waals surface area contributed by atoms with E-state index in [9.17, 15) is 15.0 Å². The molecule has 0 spiro atoms. The zero-order valence-electron chi connectivity index (χ0n) is 22.0. The minimum Gasteiger partial charge on any atom is -0.497 e. The van der Waals surface area contributed by atoms with Crippen molar-refractivity contribution in [3.8, 4) is 5.75 Å². The quantitative estimate of drug-likeness (QED) is 0.278. The summed E-state index contributed by atoms with van der Waals surface area (Å²) in [5.74, 6) is 0.845. The second-order valence-corrected chi connectivity index (χ2v) is 10.9. The summed E-state index contributed by atoms with van der Waals surface area (Å²) in [7, 11) is 1.65. The second kappa shape index (κ2) is 13.3. The van der Waals surface area contributed by atoms with E-state index < -0.39 is 11.5 Å². The van der Waals surface area contributed by atoms with Gasteiger partial charge in [0, 0.05) is 99.2 Å². The molecule has 0 bridgehead atoms. The van der Waals surface area contributed by atoms with Gasteiger partial charge in [-0.1, -0.05) is 26.0 Å². The first-order valence-electron chi connectivity index (χ1n) is 12.4. The van der Waals surface area contributed by atoms with E-state index in [0.29, 0.717) is 25.0 Å². The summed E-state index contributed by atoms with van der Waals surface area (Å²) in [6.07, 6.45) is 5.39. The van der Waals surface area contributed by atoms with Gasteiger partial charge in [-0.15, -0.1) is 0 Å². The smallest absolute Gasteiger partial charge is 0.336 e. The Hall–Kier alpha value is 0.573. The fourth-order valence-electron chi connectivity index (χ4n) is 6.91. The van der Waals surface area contributed by atoms with Gasteiger partial charge in [0.05, 0.1) is 31.4 Å². The first-order chi connectivity index (χ1) is 16.1. The van der Waals surface area contributed by atoms with E-state index in [0.717, 1.165) is 36.3 Å². The van der Waals surface area contributed by atoms with Crippen molar-refractivity contribution < 1.29 is 113 Å². The molecule has 1 heterocycles. The van der Waals surface area contributed by atoms with Crippen LogP contribution in [-0.4, -0.2) is 48.7 Å². The average Bonchev–Trinajstić information content (AvgIpc) is 3.25. The third-order valence-electron chi connectivity index (χ3n) is 9.06. The summed E-state index contributed by atoms with van der Waals surface area (Å²) in [5, 5.41) is 24.8. The van der Waals surface area contributed by atoms with Crippen molar-refractivity contribution in [3.63, 3.8) is 0 Å². The SMILES string of the molecule is C=C1CCC2[C@](C)(CO)C(O)CC[C@]2(C)[C@H]1CC(Nc1ccc(OC)cc1C)C1=CCOC1=O.[Ac].[Ac]. The molecule has 6 atom stereocenters. The van der Waals surface area contributed by atoms with E-state index in [4.69, 9.17) is 9.47 Å². The Morgan fingerprint density at radius 1 is 1.28 bits per heavy atom. The Morgan fingerprint density at radius 2 is 2.00 bits per heavy atom. The number of fused-ring (bicyclic) bond motifs is 1. The van der Waals surface area contributed by atoms with Crippen molar-refractivity contribution in [2.45, 2.75) is 65.0 Å².